The van der Waals surface area contributed by atoms with Gasteiger partial charge in [0.1, 0.15) is 28.7 Å². The molecule has 0 aliphatic carbocycles. The highest BCUT2D eigenvalue weighted by Gasteiger charge is 2.38. The van der Waals surface area contributed by atoms with Crippen LogP contribution >= 0.6 is 11.6 Å². The molecule has 2 unspecified atom stereocenters. The first-order valence-electron chi connectivity index (χ1n) is 15.0. The third-order valence-corrected chi connectivity index (χ3v) is 10.6. The van der Waals surface area contributed by atoms with Gasteiger partial charge in [-0.25, -0.2) is 12.8 Å². The summed E-state index contributed by atoms with van der Waals surface area (Å²) in [5.41, 5.74) is 1.28. The first-order chi connectivity index (χ1) is 22.2. The molecule has 2 aliphatic rings. The van der Waals surface area contributed by atoms with Crippen molar-refractivity contribution in [3.63, 3.8) is 0 Å². The van der Waals surface area contributed by atoms with Crippen LogP contribution in [0.25, 0.3) is 0 Å². The zero-order valence-electron chi connectivity index (χ0n) is 26.4. The first kappa shape index (κ1) is 34.1. The molecule has 0 N–H and O–H groups in total. The van der Waals surface area contributed by atoms with Crippen LogP contribution in [-0.4, -0.2) is 84.8 Å². The molecule has 2 aliphatic heterocycles. The van der Waals surface area contributed by atoms with E-state index in [2.05, 4.69) is 4.90 Å². The third kappa shape index (κ3) is 7.63. The van der Waals surface area contributed by atoms with Crippen molar-refractivity contribution in [3.05, 3.63) is 70.7 Å². The molecule has 0 radical (unpaired) electrons. The Morgan fingerprint density at radius 2 is 1.43 bits per heavy atom. The number of piperidine rings is 1. The standard InChI is InChI=1S/C33H40ClFN2O8S/c1-40-25-7-5-23(31(15-25)42-3)18-37(19-24-6-8-26(41-2)16-32(24)43-4)46(38,39)27-9-10-30(28(34)17-27)44-20-22-11-13-36(14-12-22)29-21-45-33(29)35/h5-10,15-17,22,29,33H,11-14,18-21H2,1-4H3. The van der Waals surface area contributed by atoms with E-state index in [0.717, 1.165) is 25.9 Å². The van der Waals surface area contributed by atoms with E-state index in [0.29, 0.717) is 53.1 Å². The Bertz CT molecular complexity index is 1540. The predicted octanol–water partition coefficient (Wildman–Crippen LogP) is 5.55. The zero-order valence-corrected chi connectivity index (χ0v) is 28.0. The maximum atomic E-state index is 14.2. The van der Waals surface area contributed by atoms with Crippen molar-refractivity contribution in [2.24, 2.45) is 5.92 Å². The van der Waals surface area contributed by atoms with E-state index in [1.807, 2.05) is 0 Å². The van der Waals surface area contributed by atoms with Crippen LogP contribution in [0.4, 0.5) is 4.39 Å². The average Bonchev–Trinajstić information content (AvgIpc) is 3.07. The minimum absolute atomic E-state index is 0.00458. The molecule has 250 valence electrons. The Labute approximate surface area is 274 Å². The van der Waals surface area contributed by atoms with Gasteiger partial charge in [-0.15, -0.1) is 0 Å². The van der Waals surface area contributed by atoms with Gasteiger partial charge in [0.25, 0.3) is 0 Å². The van der Waals surface area contributed by atoms with Gasteiger partial charge in [-0.3, -0.25) is 4.90 Å². The molecule has 13 heteroatoms. The molecule has 10 nitrogen and oxygen atoms in total. The van der Waals surface area contributed by atoms with Gasteiger partial charge in [0.05, 0.1) is 57.6 Å². The summed E-state index contributed by atoms with van der Waals surface area (Å²) in [5, 5.41) is 0.189. The summed E-state index contributed by atoms with van der Waals surface area (Å²) in [7, 11) is 2.05. The molecular weight excluding hydrogens is 639 g/mol. The molecule has 0 spiro atoms. The lowest BCUT2D eigenvalue weighted by Crippen LogP contribution is -2.56. The maximum absolute atomic E-state index is 14.2. The lowest BCUT2D eigenvalue weighted by Gasteiger charge is -2.43. The second-order valence-electron chi connectivity index (χ2n) is 11.3. The largest absolute Gasteiger partial charge is 0.497 e. The Kier molecular flexibility index (Phi) is 11.2. The number of hydrogen-bond donors (Lipinski definition) is 0. The van der Waals surface area contributed by atoms with E-state index in [1.165, 1.54) is 30.7 Å². The highest BCUT2D eigenvalue weighted by molar-refractivity contribution is 7.89. The maximum Gasteiger partial charge on any atom is 0.243 e. The molecule has 0 amide bonds. The highest BCUT2D eigenvalue weighted by Crippen LogP contribution is 2.35. The number of hydrogen-bond acceptors (Lipinski definition) is 9. The van der Waals surface area contributed by atoms with E-state index >= 15 is 0 Å². The minimum atomic E-state index is -4.10. The number of ether oxygens (including phenoxy) is 6. The number of sulfonamides is 1. The molecule has 0 aromatic heterocycles. The Balaban J connectivity index is 1.35. The van der Waals surface area contributed by atoms with Crippen molar-refractivity contribution in [2.75, 3.05) is 54.7 Å². The normalized spacial score (nSPS) is 19.0. The molecule has 2 atom stereocenters. The smallest absolute Gasteiger partial charge is 0.243 e. The fourth-order valence-corrected chi connectivity index (χ4v) is 7.39. The van der Waals surface area contributed by atoms with Crippen LogP contribution in [0.2, 0.25) is 5.02 Å². The van der Waals surface area contributed by atoms with Crippen molar-refractivity contribution >= 4 is 21.6 Å². The first-order valence-corrected chi connectivity index (χ1v) is 16.8. The van der Waals surface area contributed by atoms with Crippen LogP contribution in [0.15, 0.2) is 59.5 Å². The van der Waals surface area contributed by atoms with Gasteiger partial charge in [-0.1, -0.05) is 23.7 Å². The molecule has 3 aromatic rings. The molecule has 3 aromatic carbocycles. The molecule has 5 rings (SSSR count). The average molecular weight is 679 g/mol. The molecule has 0 saturated carbocycles. The number of rotatable bonds is 14. The van der Waals surface area contributed by atoms with Crippen LogP contribution in [0.5, 0.6) is 28.7 Å². The summed E-state index contributed by atoms with van der Waals surface area (Å²) in [6.45, 7) is 2.42. The Hall–Kier alpha value is -3.29. The molecule has 0 bridgehead atoms. The number of methoxy groups -OCH3 is 4. The quantitative estimate of drug-likeness (QED) is 0.218. The van der Waals surface area contributed by atoms with Crippen molar-refractivity contribution < 1.29 is 41.2 Å². The molecular formula is C33H40ClFN2O8S. The van der Waals surface area contributed by atoms with Gasteiger partial charge in [-0.05, 0) is 62.2 Å². The number of likely N-dealkylation sites (tertiary alicyclic amines) is 1. The van der Waals surface area contributed by atoms with E-state index in [-0.39, 0.29) is 35.0 Å². The summed E-state index contributed by atoms with van der Waals surface area (Å²) >= 11 is 6.61. The van der Waals surface area contributed by atoms with Crippen LogP contribution < -0.4 is 23.7 Å². The summed E-state index contributed by atoms with van der Waals surface area (Å²) in [5.74, 6) is 2.82. The van der Waals surface area contributed by atoms with Crippen LogP contribution in [-0.2, 0) is 27.8 Å². The SMILES string of the molecule is COc1ccc(CN(Cc2ccc(OC)cc2OC)S(=O)(=O)c2ccc(OCC3CCN(C4COC4F)CC3)c(Cl)c2)c(OC)c1. The Morgan fingerprint density at radius 1 is 0.848 bits per heavy atom. The van der Waals surface area contributed by atoms with Crippen LogP contribution in [0.1, 0.15) is 24.0 Å². The monoisotopic (exact) mass is 678 g/mol. The lowest BCUT2D eigenvalue weighted by molar-refractivity contribution is -0.202. The molecule has 2 heterocycles. The summed E-state index contributed by atoms with van der Waals surface area (Å²) in [4.78, 5) is 2.15. The van der Waals surface area contributed by atoms with Gasteiger partial charge in [0, 0.05) is 36.3 Å². The summed E-state index contributed by atoms with van der Waals surface area (Å²) in [6.07, 6.45) is 0.534. The van der Waals surface area contributed by atoms with Crippen molar-refractivity contribution in [1.82, 2.24) is 9.21 Å². The van der Waals surface area contributed by atoms with Gasteiger partial charge in [0.15, 0.2) is 0 Å². The van der Waals surface area contributed by atoms with Crippen molar-refractivity contribution in [3.8, 4) is 28.7 Å². The molecule has 2 fully saturated rings. The van der Waals surface area contributed by atoms with Gasteiger partial charge < -0.3 is 28.4 Å². The fraction of sp³-hybridized carbons (Fsp3) is 0.455. The van der Waals surface area contributed by atoms with Crippen LogP contribution in [0, 0.1) is 5.92 Å². The summed E-state index contributed by atoms with van der Waals surface area (Å²) < 4.78 is 76.2. The van der Waals surface area contributed by atoms with Crippen molar-refractivity contribution in [1.29, 1.82) is 0 Å². The second-order valence-corrected chi connectivity index (χ2v) is 13.6. The Morgan fingerprint density at radius 3 is 1.89 bits per heavy atom. The lowest BCUT2D eigenvalue weighted by atomic mass is 9.96. The highest BCUT2D eigenvalue weighted by atomic mass is 35.5. The zero-order chi connectivity index (χ0) is 32.8. The van der Waals surface area contributed by atoms with Gasteiger partial charge in [-0.2, -0.15) is 4.31 Å². The van der Waals surface area contributed by atoms with Crippen molar-refractivity contribution in [2.45, 2.75) is 43.2 Å². The van der Waals surface area contributed by atoms with Crippen LogP contribution in [0.3, 0.4) is 0 Å². The van der Waals surface area contributed by atoms with Gasteiger partial charge in [0.2, 0.25) is 16.4 Å². The number of halogens is 2. The third-order valence-electron chi connectivity index (χ3n) is 8.54. The predicted molar refractivity (Wildman–Crippen MR) is 171 cm³/mol. The number of alkyl halides is 1. The fourth-order valence-electron chi connectivity index (χ4n) is 5.66. The summed E-state index contributed by atoms with van der Waals surface area (Å²) in [6, 6.07) is 14.8. The molecule has 46 heavy (non-hydrogen) atoms. The minimum Gasteiger partial charge on any atom is -0.497 e. The molecule has 2 saturated heterocycles. The second kappa shape index (κ2) is 15.1. The van der Waals surface area contributed by atoms with E-state index in [1.54, 1.807) is 56.7 Å². The van der Waals surface area contributed by atoms with E-state index in [4.69, 9.17) is 40.0 Å². The topological polar surface area (TPSA) is 96.0 Å². The van der Waals surface area contributed by atoms with E-state index < -0.39 is 16.4 Å². The number of nitrogens with zero attached hydrogens (tertiary/aromatic N) is 2. The van der Waals surface area contributed by atoms with E-state index in [9.17, 15) is 12.8 Å². The van der Waals surface area contributed by atoms with Gasteiger partial charge >= 0.3 is 0 Å². The number of benzene rings is 3.